The average Bonchev–Trinajstić information content (AvgIpc) is 3.15. The monoisotopic (exact) mass is 345 g/mol. The molecular formula is C17H23N5O3. The molecule has 2 aromatic rings. The summed E-state index contributed by atoms with van der Waals surface area (Å²) in [5, 5.41) is 2.80. The molecule has 1 atom stereocenters. The lowest BCUT2D eigenvalue weighted by molar-refractivity contribution is -0.122. The van der Waals surface area contributed by atoms with Gasteiger partial charge >= 0.3 is 6.09 Å². The highest BCUT2D eigenvalue weighted by atomic mass is 16.6. The van der Waals surface area contributed by atoms with Crippen LogP contribution in [0.1, 0.15) is 18.9 Å². The number of aromatic nitrogens is 2. The molecule has 8 nitrogen and oxygen atoms in total. The number of carbonyl (C=O) groups is 2. The van der Waals surface area contributed by atoms with E-state index in [1.54, 1.807) is 19.4 Å². The highest BCUT2D eigenvalue weighted by Gasteiger charge is 2.13. The van der Waals surface area contributed by atoms with Crippen LogP contribution in [0.15, 0.2) is 49.1 Å². The molecule has 0 saturated heterocycles. The maximum atomic E-state index is 11.9. The first-order valence-electron chi connectivity index (χ1n) is 8.11. The SMILES string of the molecule is C[C@H](NNC(=O)OCc1ccccc1)C(=O)NCCCn1ccnc1. The standard InChI is InChI=1S/C17H23N5O3/c1-14(16(23)19-8-5-10-22-11-9-18-13-22)20-21-17(24)25-12-15-6-3-2-4-7-15/h2-4,6-7,9,11,13-14,20H,5,8,10,12H2,1H3,(H,19,23)(H,21,24)/t14-/m0/s1. The molecule has 0 fully saturated rings. The first-order valence-corrected chi connectivity index (χ1v) is 8.11. The number of hydrogen-bond donors (Lipinski definition) is 3. The Balaban J connectivity index is 1.56. The number of benzene rings is 1. The predicted molar refractivity (Wildman–Crippen MR) is 92.2 cm³/mol. The van der Waals surface area contributed by atoms with Crippen molar-refractivity contribution in [1.29, 1.82) is 0 Å². The predicted octanol–water partition coefficient (Wildman–Crippen LogP) is 1.21. The van der Waals surface area contributed by atoms with Crippen molar-refractivity contribution >= 4 is 12.0 Å². The van der Waals surface area contributed by atoms with E-state index in [0.717, 1.165) is 18.5 Å². The summed E-state index contributed by atoms with van der Waals surface area (Å²) >= 11 is 0. The van der Waals surface area contributed by atoms with Crippen molar-refractivity contribution < 1.29 is 14.3 Å². The molecule has 0 aliphatic carbocycles. The first kappa shape index (κ1) is 18.5. The van der Waals surface area contributed by atoms with Crippen LogP contribution in [0.25, 0.3) is 0 Å². The summed E-state index contributed by atoms with van der Waals surface area (Å²) in [5.41, 5.74) is 5.87. The van der Waals surface area contributed by atoms with Gasteiger partial charge in [-0.15, -0.1) is 0 Å². The number of carbonyl (C=O) groups excluding carboxylic acids is 2. The fourth-order valence-electron chi connectivity index (χ4n) is 2.04. The third-order valence-electron chi connectivity index (χ3n) is 3.45. The number of nitrogens with one attached hydrogen (secondary N) is 3. The first-order chi connectivity index (χ1) is 12.1. The summed E-state index contributed by atoms with van der Waals surface area (Å²) in [7, 11) is 0. The Labute approximate surface area is 146 Å². The second-order valence-electron chi connectivity index (χ2n) is 5.50. The van der Waals surface area contributed by atoms with Crippen molar-refractivity contribution in [2.24, 2.45) is 0 Å². The summed E-state index contributed by atoms with van der Waals surface area (Å²) in [5.74, 6) is -0.200. The molecule has 1 aromatic carbocycles. The second kappa shape index (κ2) is 10.1. The van der Waals surface area contributed by atoms with Gasteiger partial charge in [0.1, 0.15) is 12.6 Å². The minimum atomic E-state index is -0.636. The zero-order chi connectivity index (χ0) is 17.9. The number of ether oxygens (including phenoxy) is 1. The van der Waals surface area contributed by atoms with Gasteiger partial charge in [0.05, 0.1) is 6.33 Å². The van der Waals surface area contributed by atoms with E-state index in [2.05, 4.69) is 21.2 Å². The smallest absolute Gasteiger partial charge is 0.421 e. The van der Waals surface area contributed by atoms with Crippen molar-refractivity contribution in [2.45, 2.75) is 32.5 Å². The van der Waals surface area contributed by atoms with Crippen LogP contribution in [0.4, 0.5) is 4.79 Å². The largest absolute Gasteiger partial charge is 0.444 e. The van der Waals surface area contributed by atoms with Gasteiger partial charge < -0.3 is 14.6 Å². The molecule has 3 N–H and O–H groups in total. The molecule has 2 rings (SSSR count). The number of imidazole rings is 1. The third-order valence-corrected chi connectivity index (χ3v) is 3.45. The summed E-state index contributed by atoms with van der Waals surface area (Å²) in [6.45, 7) is 3.15. The number of amides is 2. The molecule has 8 heteroatoms. The molecular weight excluding hydrogens is 322 g/mol. The Morgan fingerprint density at radius 2 is 2.08 bits per heavy atom. The van der Waals surface area contributed by atoms with Gasteiger partial charge in [0, 0.05) is 25.5 Å². The third kappa shape index (κ3) is 7.05. The number of aryl methyl sites for hydroxylation is 1. The van der Waals surface area contributed by atoms with Crippen LogP contribution in [0, 0.1) is 0 Å². The van der Waals surface area contributed by atoms with E-state index >= 15 is 0 Å². The molecule has 1 aromatic heterocycles. The highest BCUT2D eigenvalue weighted by molar-refractivity contribution is 5.81. The van der Waals surface area contributed by atoms with E-state index in [1.807, 2.05) is 41.1 Å². The molecule has 0 spiro atoms. The van der Waals surface area contributed by atoms with E-state index in [0.29, 0.717) is 6.54 Å². The lowest BCUT2D eigenvalue weighted by Gasteiger charge is -2.15. The highest BCUT2D eigenvalue weighted by Crippen LogP contribution is 2.00. The lowest BCUT2D eigenvalue weighted by Crippen LogP contribution is -2.50. The Morgan fingerprint density at radius 3 is 2.80 bits per heavy atom. The van der Waals surface area contributed by atoms with Crippen molar-refractivity contribution in [1.82, 2.24) is 25.7 Å². The van der Waals surface area contributed by atoms with Crippen LogP contribution in [0.5, 0.6) is 0 Å². The summed E-state index contributed by atoms with van der Waals surface area (Å²) in [6, 6.07) is 8.78. The number of hydrogen-bond acceptors (Lipinski definition) is 5. The van der Waals surface area contributed by atoms with E-state index < -0.39 is 12.1 Å². The van der Waals surface area contributed by atoms with Crippen LogP contribution in [-0.2, 0) is 22.7 Å². The van der Waals surface area contributed by atoms with Gasteiger partial charge in [-0.25, -0.2) is 15.2 Å². The molecule has 0 bridgehead atoms. The quantitative estimate of drug-likeness (QED) is 0.469. The van der Waals surface area contributed by atoms with Crippen molar-refractivity contribution in [2.75, 3.05) is 6.54 Å². The van der Waals surface area contributed by atoms with E-state index in [4.69, 9.17) is 4.74 Å². The van der Waals surface area contributed by atoms with Gasteiger partial charge in [0.15, 0.2) is 0 Å². The van der Waals surface area contributed by atoms with Crippen LogP contribution in [-0.4, -0.2) is 34.1 Å². The van der Waals surface area contributed by atoms with Gasteiger partial charge in [0.2, 0.25) is 5.91 Å². The van der Waals surface area contributed by atoms with Gasteiger partial charge in [0.25, 0.3) is 0 Å². The molecule has 134 valence electrons. The van der Waals surface area contributed by atoms with Crippen molar-refractivity contribution in [3.8, 4) is 0 Å². The van der Waals surface area contributed by atoms with Gasteiger partial charge in [-0.1, -0.05) is 30.3 Å². The van der Waals surface area contributed by atoms with Crippen LogP contribution in [0.3, 0.4) is 0 Å². The minimum Gasteiger partial charge on any atom is -0.444 e. The maximum Gasteiger partial charge on any atom is 0.421 e. The molecule has 0 saturated carbocycles. The second-order valence-corrected chi connectivity index (χ2v) is 5.50. The summed E-state index contributed by atoms with van der Waals surface area (Å²) in [6.07, 6.45) is 5.48. The average molecular weight is 345 g/mol. The molecule has 0 aliphatic heterocycles. The van der Waals surface area contributed by atoms with Gasteiger partial charge in [-0.05, 0) is 18.9 Å². The molecule has 1 heterocycles. The Morgan fingerprint density at radius 1 is 1.28 bits per heavy atom. The normalized spacial score (nSPS) is 11.6. The van der Waals surface area contributed by atoms with E-state index in [-0.39, 0.29) is 12.5 Å². The molecule has 0 aliphatic rings. The number of nitrogens with zero attached hydrogens (tertiary/aromatic N) is 2. The zero-order valence-corrected chi connectivity index (χ0v) is 14.1. The van der Waals surface area contributed by atoms with Crippen LogP contribution < -0.4 is 16.2 Å². The zero-order valence-electron chi connectivity index (χ0n) is 14.1. The molecule has 25 heavy (non-hydrogen) atoms. The van der Waals surface area contributed by atoms with E-state index in [9.17, 15) is 9.59 Å². The Hall–Kier alpha value is -2.87. The van der Waals surface area contributed by atoms with Crippen molar-refractivity contribution in [3.63, 3.8) is 0 Å². The van der Waals surface area contributed by atoms with Gasteiger partial charge in [-0.3, -0.25) is 10.2 Å². The van der Waals surface area contributed by atoms with Crippen LogP contribution >= 0.6 is 0 Å². The lowest BCUT2D eigenvalue weighted by atomic mass is 10.2. The maximum absolute atomic E-state index is 11.9. The molecule has 2 amide bonds. The molecule has 0 unspecified atom stereocenters. The molecule has 0 radical (unpaired) electrons. The van der Waals surface area contributed by atoms with Gasteiger partial charge in [-0.2, -0.15) is 0 Å². The number of hydrazine groups is 1. The van der Waals surface area contributed by atoms with Crippen LogP contribution in [0.2, 0.25) is 0 Å². The summed E-state index contributed by atoms with van der Waals surface area (Å²) < 4.78 is 6.99. The minimum absolute atomic E-state index is 0.170. The fourth-order valence-corrected chi connectivity index (χ4v) is 2.04. The number of rotatable bonds is 9. The Kier molecular flexibility index (Phi) is 7.45. The fraction of sp³-hybridized carbons (Fsp3) is 0.353. The Bertz CT molecular complexity index is 646. The topological polar surface area (TPSA) is 97.3 Å². The van der Waals surface area contributed by atoms with Crippen molar-refractivity contribution in [3.05, 3.63) is 54.6 Å². The summed E-state index contributed by atoms with van der Waals surface area (Å²) in [4.78, 5) is 27.5. The van der Waals surface area contributed by atoms with E-state index in [1.165, 1.54) is 0 Å².